The SMILES string of the molecule is O=CC(CC(=O)O)NC(=O)C1CNCN2C(=O)CCC(NS(=O)(=O)c3ccccc3)[N+]2([O-])C1. The van der Waals surface area contributed by atoms with Gasteiger partial charge in [0.15, 0.2) is 6.17 Å². The molecule has 0 spiro atoms. The molecule has 0 bridgehead atoms. The normalized spacial score (nSPS) is 26.6. The number of carboxylic acids is 1. The van der Waals surface area contributed by atoms with Crippen LogP contribution >= 0.6 is 0 Å². The van der Waals surface area contributed by atoms with Crippen LogP contribution in [0.25, 0.3) is 0 Å². The minimum absolute atomic E-state index is 0.0331. The summed E-state index contributed by atoms with van der Waals surface area (Å²) in [6.45, 7) is -0.734. The molecule has 33 heavy (non-hydrogen) atoms. The number of hydrogen-bond donors (Lipinski definition) is 4. The van der Waals surface area contributed by atoms with E-state index in [0.29, 0.717) is 0 Å². The molecule has 2 aliphatic heterocycles. The summed E-state index contributed by atoms with van der Waals surface area (Å²) in [5.41, 5.74) is 0. The molecule has 1 aromatic carbocycles. The summed E-state index contributed by atoms with van der Waals surface area (Å²) >= 11 is 0. The molecule has 0 aromatic heterocycles. The third-order valence-electron chi connectivity index (χ3n) is 5.55. The number of carboxylic acid groups (broad SMARTS) is 1. The lowest BCUT2D eigenvalue weighted by molar-refractivity contribution is -1.01. The summed E-state index contributed by atoms with van der Waals surface area (Å²) < 4.78 is 26.6. The van der Waals surface area contributed by atoms with Crippen LogP contribution in [0.4, 0.5) is 0 Å². The van der Waals surface area contributed by atoms with Crippen molar-refractivity contribution in [2.75, 3.05) is 19.8 Å². The van der Waals surface area contributed by atoms with E-state index in [9.17, 15) is 32.8 Å². The zero-order chi connectivity index (χ0) is 24.2. The molecule has 2 fully saturated rings. The van der Waals surface area contributed by atoms with Crippen LogP contribution in [0.5, 0.6) is 0 Å². The van der Waals surface area contributed by atoms with E-state index in [1.807, 2.05) is 0 Å². The number of quaternary nitrogens is 1. The zero-order valence-corrected chi connectivity index (χ0v) is 18.4. The highest BCUT2D eigenvalue weighted by molar-refractivity contribution is 7.89. The molecule has 4 unspecified atom stereocenters. The van der Waals surface area contributed by atoms with Gasteiger partial charge in [-0.3, -0.25) is 19.7 Å². The van der Waals surface area contributed by atoms with Crippen molar-refractivity contribution >= 4 is 34.1 Å². The van der Waals surface area contributed by atoms with Crippen molar-refractivity contribution < 1.29 is 37.5 Å². The van der Waals surface area contributed by atoms with Crippen LogP contribution in [-0.2, 0) is 29.2 Å². The van der Waals surface area contributed by atoms with Crippen molar-refractivity contribution in [2.45, 2.75) is 36.4 Å². The number of hydrogen-bond acceptors (Lipinski definition) is 8. The van der Waals surface area contributed by atoms with Crippen LogP contribution in [0.15, 0.2) is 35.2 Å². The predicted octanol–water partition coefficient (Wildman–Crippen LogP) is -1.52. The van der Waals surface area contributed by atoms with Gasteiger partial charge in [-0.1, -0.05) is 18.2 Å². The number of rotatable bonds is 8. The number of aliphatic carboxylic acids is 1. The standard InChI is InChI=1S/C19H25N5O8S/c25-11-14(8-18(27)28)21-19(29)13-9-20-12-23-17(26)7-6-16(24(23,30)10-13)22-33(31,32)15-4-2-1-3-5-15/h1-5,11,13-14,16,20,22H,6-10,12H2,(H,21,29)(H,27,28). The minimum Gasteiger partial charge on any atom is -0.605 e. The van der Waals surface area contributed by atoms with E-state index in [0.717, 1.165) is 5.01 Å². The third-order valence-corrected chi connectivity index (χ3v) is 7.03. The van der Waals surface area contributed by atoms with Crippen molar-refractivity contribution in [3.8, 4) is 0 Å². The molecule has 13 nitrogen and oxygen atoms in total. The number of fused-ring (bicyclic) bond motifs is 1. The summed E-state index contributed by atoms with van der Waals surface area (Å²) in [4.78, 5) is 47.1. The van der Waals surface area contributed by atoms with Gasteiger partial charge in [-0.05, 0) is 12.1 Å². The Hall–Kier alpha value is -2.91. The van der Waals surface area contributed by atoms with E-state index >= 15 is 0 Å². The highest BCUT2D eigenvalue weighted by Crippen LogP contribution is 2.30. The maximum Gasteiger partial charge on any atom is 0.305 e. The molecule has 1 aromatic rings. The maximum atomic E-state index is 14.0. The first-order chi connectivity index (χ1) is 15.6. The van der Waals surface area contributed by atoms with Crippen molar-refractivity contribution in [3.05, 3.63) is 35.5 Å². The Balaban J connectivity index is 1.84. The van der Waals surface area contributed by atoms with Crippen molar-refractivity contribution in [2.24, 2.45) is 5.92 Å². The van der Waals surface area contributed by atoms with E-state index in [-0.39, 0.29) is 37.2 Å². The molecule has 2 saturated heterocycles. The Morgan fingerprint density at radius 1 is 1.33 bits per heavy atom. The van der Waals surface area contributed by atoms with Gasteiger partial charge >= 0.3 is 5.97 Å². The number of nitrogens with zero attached hydrogens (tertiary/aromatic N) is 2. The molecular formula is C19H25N5O8S. The molecule has 0 radical (unpaired) electrons. The molecule has 3 rings (SSSR count). The molecule has 0 saturated carbocycles. The highest BCUT2D eigenvalue weighted by Gasteiger charge is 2.48. The van der Waals surface area contributed by atoms with Crippen LogP contribution < -0.4 is 15.4 Å². The van der Waals surface area contributed by atoms with Gasteiger partial charge in [-0.2, -0.15) is 9.73 Å². The average molecular weight is 484 g/mol. The molecule has 0 aliphatic carbocycles. The molecule has 2 amide bonds. The fourth-order valence-electron chi connectivity index (χ4n) is 3.89. The first kappa shape index (κ1) is 24.7. The van der Waals surface area contributed by atoms with Gasteiger partial charge in [0.05, 0.1) is 17.4 Å². The largest absolute Gasteiger partial charge is 0.605 e. The lowest BCUT2D eigenvalue weighted by Crippen LogP contribution is -2.72. The van der Waals surface area contributed by atoms with Gasteiger partial charge in [-0.15, -0.1) is 0 Å². The number of benzene rings is 1. The number of amides is 2. The van der Waals surface area contributed by atoms with Gasteiger partial charge in [-0.25, -0.2) is 13.2 Å². The predicted molar refractivity (Wildman–Crippen MR) is 112 cm³/mol. The fraction of sp³-hybridized carbons (Fsp3) is 0.474. The summed E-state index contributed by atoms with van der Waals surface area (Å²) in [5, 5.41) is 28.9. The lowest BCUT2D eigenvalue weighted by Gasteiger charge is -2.55. The Bertz CT molecular complexity index is 1020. The summed E-state index contributed by atoms with van der Waals surface area (Å²) in [6.07, 6.45) is -1.75. The second-order valence-electron chi connectivity index (χ2n) is 7.88. The van der Waals surface area contributed by atoms with E-state index in [4.69, 9.17) is 5.11 Å². The topological polar surface area (TPSA) is 185 Å². The maximum absolute atomic E-state index is 14.0. The van der Waals surface area contributed by atoms with Gasteiger partial charge in [0, 0.05) is 19.4 Å². The molecular weight excluding hydrogens is 458 g/mol. The molecule has 4 atom stereocenters. The number of hydroxylamine groups is 2. The number of nitrogens with one attached hydrogen (secondary N) is 3. The summed E-state index contributed by atoms with van der Waals surface area (Å²) in [6, 6.07) is 6.15. The van der Waals surface area contributed by atoms with Crippen LogP contribution in [0.1, 0.15) is 19.3 Å². The van der Waals surface area contributed by atoms with Crippen LogP contribution in [0.3, 0.4) is 0 Å². The molecule has 2 aliphatic rings. The number of carbonyl (C=O) groups excluding carboxylic acids is 3. The first-order valence-electron chi connectivity index (χ1n) is 10.2. The summed E-state index contributed by atoms with van der Waals surface area (Å²) in [5.74, 6) is -3.59. The minimum atomic E-state index is -4.09. The Morgan fingerprint density at radius 2 is 2.03 bits per heavy atom. The smallest absolute Gasteiger partial charge is 0.305 e. The molecule has 2 heterocycles. The quantitative estimate of drug-likeness (QED) is 0.194. The van der Waals surface area contributed by atoms with Crippen molar-refractivity contribution in [1.82, 2.24) is 20.4 Å². The first-order valence-corrected chi connectivity index (χ1v) is 11.7. The monoisotopic (exact) mass is 483 g/mol. The second kappa shape index (κ2) is 9.93. The van der Waals surface area contributed by atoms with Gasteiger partial charge in [0.25, 0.3) is 5.91 Å². The highest BCUT2D eigenvalue weighted by atomic mass is 32.2. The average Bonchev–Trinajstić information content (AvgIpc) is 2.96. The van der Waals surface area contributed by atoms with Crippen LogP contribution in [0, 0.1) is 11.1 Å². The van der Waals surface area contributed by atoms with Gasteiger partial charge < -0.3 is 20.4 Å². The molecule has 180 valence electrons. The van der Waals surface area contributed by atoms with Crippen molar-refractivity contribution in [3.63, 3.8) is 0 Å². The van der Waals surface area contributed by atoms with Gasteiger partial charge in [0.2, 0.25) is 15.9 Å². The van der Waals surface area contributed by atoms with Crippen molar-refractivity contribution in [1.29, 1.82) is 0 Å². The summed E-state index contributed by atoms with van der Waals surface area (Å²) in [7, 11) is -4.09. The van der Waals surface area contributed by atoms with E-state index in [2.05, 4.69) is 15.4 Å². The van der Waals surface area contributed by atoms with E-state index in [1.165, 1.54) is 24.3 Å². The Morgan fingerprint density at radius 3 is 2.67 bits per heavy atom. The Labute approximate surface area is 189 Å². The number of aldehydes is 1. The third kappa shape index (κ3) is 5.54. The second-order valence-corrected chi connectivity index (χ2v) is 9.59. The van der Waals surface area contributed by atoms with Crippen LogP contribution in [-0.4, -0.2) is 79.3 Å². The molecule has 14 heteroatoms. The van der Waals surface area contributed by atoms with E-state index < -0.39 is 63.7 Å². The molecule has 4 N–H and O–H groups in total. The lowest BCUT2D eigenvalue weighted by atomic mass is 10.1. The van der Waals surface area contributed by atoms with Crippen LogP contribution in [0.2, 0.25) is 0 Å². The number of carbonyl (C=O) groups is 4. The Kier molecular flexibility index (Phi) is 7.44. The zero-order valence-electron chi connectivity index (χ0n) is 17.5. The van der Waals surface area contributed by atoms with E-state index in [1.54, 1.807) is 6.07 Å². The van der Waals surface area contributed by atoms with Gasteiger partial charge in [0.1, 0.15) is 25.4 Å². The number of sulfonamides is 1. The fourth-order valence-corrected chi connectivity index (χ4v) is 5.18.